The van der Waals surface area contributed by atoms with Gasteiger partial charge in [-0.3, -0.25) is 9.78 Å². The maximum Gasteiger partial charge on any atom is 0.303 e. The second kappa shape index (κ2) is 5.11. The van der Waals surface area contributed by atoms with Crippen LogP contribution in [0.3, 0.4) is 0 Å². The molecule has 1 rings (SSSR count). The number of hydrogen-bond acceptors (Lipinski definition) is 5. The summed E-state index contributed by atoms with van der Waals surface area (Å²) in [5, 5.41) is 29.5. The van der Waals surface area contributed by atoms with Crippen molar-refractivity contribution in [3.8, 4) is 5.75 Å². The molecule has 0 aliphatic heterocycles. The van der Waals surface area contributed by atoms with Crippen molar-refractivity contribution in [2.24, 2.45) is 5.16 Å². The molecule has 0 fully saturated rings. The molecule has 1 aromatic rings. The average molecular weight is 224 g/mol. The molecule has 6 nitrogen and oxygen atoms in total. The van der Waals surface area contributed by atoms with Crippen molar-refractivity contribution in [2.75, 3.05) is 0 Å². The molecule has 86 valence electrons. The van der Waals surface area contributed by atoms with Crippen LogP contribution in [-0.4, -0.2) is 32.6 Å². The molecule has 0 atom stereocenters. The molecule has 0 radical (unpaired) electrons. The van der Waals surface area contributed by atoms with E-state index in [1.807, 2.05) is 0 Å². The number of oxime groups is 1. The molecular formula is C10H12N2O4. The molecule has 0 saturated heterocycles. The summed E-state index contributed by atoms with van der Waals surface area (Å²) in [6.45, 7) is 1.60. The van der Waals surface area contributed by atoms with Gasteiger partial charge in [0, 0.05) is 18.2 Å². The van der Waals surface area contributed by atoms with Gasteiger partial charge in [0.25, 0.3) is 0 Å². The van der Waals surface area contributed by atoms with E-state index in [1.165, 1.54) is 6.20 Å². The van der Waals surface area contributed by atoms with Crippen LogP contribution in [0.15, 0.2) is 11.4 Å². The second-order valence-electron chi connectivity index (χ2n) is 3.27. The third-order valence-corrected chi connectivity index (χ3v) is 2.15. The minimum Gasteiger partial charge on any atom is -0.505 e. The van der Waals surface area contributed by atoms with Gasteiger partial charge in [-0.25, -0.2) is 0 Å². The quantitative estimate of drug-likeness (QED) is 0.401. The summed E-state index contributed by atoms with van der Waals surface area (Å²) in [5.41, 5.74) is 1.23. The van der Waals surface area contributed by atoms with E-state index in [0.29, 0.717) is 16.8 Å². The lowest BCUT2D eigenvalue weighted by Gasteiger charge is -2.07. The zero-order valence-electron chi connectivity index (χ0n) is 8.71. The van der Waals surface area contributed by atoms with Gasteiger partial charge in [0.1, 0.15) is 5.75 Å². The van der Waals surface area contributed by atoms with Crippen molar-refractivity contribution in [3.05, 3.63) is 23.0 Å². The summed E-state index contributed by atoms with van der Waals surface area (Å²) in [4.78, 5) is 14.3. The minimum absolute atomic E-state index is 0.0730. The Balaban J connectivity index is 3.07. The Hall–Kier alpha value is -2.11. The topological polar surface area (TPSA) is 103 Å². The predicted molar refractivity (Wildman–Crippen MR) is 56.0 cm³/mol. The smallest absolute Gasteiger partial charge is 0.303 e. The Morgan fingerprint density at radius 1 is 1.62 bits per heavy atom. The fourth-order valence-electron chi connectivity index (χ4n) is 1.30. The summed E-state index contributed by atoms with van der Waals surface area (Å²) < 4.78 is 0. The van der Waals surface area contributed by atoms with E-state index in [1.54, 1.807) is 6.92 Å². The Kier molecular flexibility index (Phi) is 3.82. The van der Waals surface area contributed by atoms with Crippen molar-refractivity contribution < 1.29 is 20.2 Å². The molecule has 0 bridgehead atoms. The van der Waals surface area contributed by atoms with Crippen LogP contribution >= 0.6 is 0 Å². The fraction of sp³-hybridized carbons (Fsp3) is 0.300. The van der Waals surface area contributed by atoms with Gasteiger partial charge >= 0.3 is 5.97 Å². The SMILES string of the molecule is Cc1ncc(CCC(=O)O)c(/C=N/O)c1O. The van der Waals surface area contributed by atoms with Gasteiger partial charge in [-0.1, -0.05) is 5.16 Å². The first-order valence-corrected chi connectivity index (χ1v) is 4.63. The van der Waals surface area contributed by atoms with Crippen LogP contribution in [-0.2, 0) is 11.2 Å². The second-order valence-corrected chi connectivity index (χ2v) is 3.27. The lowest BCUT2D eigenvalue weighted by molar-refractivity contribution is -0.136. The highest BCUT2D eigenvalue weighted by atomic mass is 16.4. The van der Waals surface area contributed by atoms with Crippen LogP contribution in [0.25, 0.3) is 0 Å². The zero-order chi connectivity index (χ0) is 12.1. The summed E-state index contributed by atoms with van der Waals surface area (Å²) >= 11 is 0. The molecule has 1 heterocycles. The number of aromatic hydroxyl groups is 1. The maximum absolute atomic E-state index is 10.4. The first-order chi connectivity index (χ1) is 7.56. The molecule has 0 saturated carbocycles. The third kappa shape index (κ3) is 2.69. The maximum atomic E-state index is 10.4. The Morgan fingerprint density at radius 2 is 2.31 bits per heavy atom. The summed E-state index contributed by atoms with van der Waals surface area (Å²) in [5.74, 6) is -1.03. The number of carbonyl (C=O) groups is 1. The molecule has 0 spiro atoms. The number of aromatic nitrogens is 1. The third-order valence-electron chi connectivity index (χ3n) is 2.15. The van der Waals surface area contributed by atoms with E-state index < -0.39 is 5.97 Å². The number of carboxylic acids is 1. The average Bonchev–Trinajstić information content (AvgIpc) is 2.24. The molecule has 6 heteroatoms. The van der Waals surface area contributed by atoms with E-state index in [-0.39, 0.29) is 18.6 Å². The molecule has 1 aromatic heterocycles. The largest absolute Gasteiger partial charge is 0.505 e. The first-order valence-electron chi connectivity index (χ1n) is 4.63. The molecule has 0 aliphatic carbocycles. The van der Waals surface area contributed by atoms with Gasteiger partial charge in [0.05, 0.1) is 11.9 Å². The predicted octanol–water partition coefficient (Wildman–Crippen LogP) is 0.921. The van der Waals surface area contributed by atoms with Gasteiger partial charge in [0.15, 0.2) is 0 Å². The van der Waals surface area contributed by atoms with E-state index >= 15 is 0 Å². The van der Waals surface area contributed by atoms with Crippen molar-refractivity contribution in [1.82, 2.24) is 4.98 Å². The van der Waals surface area contributed by atoms with Crippen LogP contribution in [0.4, 0.5) is 0 Å². The highest BCUT2D eigenvalue weighted by Crippen LogP contribution is 2.22. The molecular weight excluding hydrogens is 212 g/mol. The summed E-state index contributed by atoms with van der Waals surface area (Å²) in [6.07, 6.45) is 2.68. The number of aliphatic carboxylic acids is 1. The number of rotatable bonds is 4. The number of pyridine rings is 1. The highest BCUT2D eigenvalue weighted by molar-refractivity contribution is 5.85. The standard InChI is InChI=1S/C10H12N2O4/c1-6-10(15)8(5-12-16)7(4-11-6)2-3-9(13)14/h4-5,15-16H,2-3H2,1H3,(H,13,14)/b12-5+. The first kappa shape index (κ1) is 12.0. The number of carboxylic acid groups (broad SMARTS) is 1. The van der Waals surface area contributed by atoms with Crippen LogP contribution in [0, 0.1) is 6.92 Å². The zero-order valence-corrected chi connectivity index (χ0v) is 8.71. The van der Waals surface area contributed by atoms with E-state index in [4.69, 9.17) is 10.3 Å². The van der Waals surface area contributed by atoms with Crippen LogP contribution < -0.4 is 0 Å². The van der Waals surface area contributed by atoms with Crippen LogP contribution in [0.1, 0.15) is 23.2 Å². The minimum atomic E-state index is -0.938. The van der Waals surface area contributed by atoms with Crippen molar-refractivity contribution >= 4 is 12.2 Å². The molecule has 0 aliphatic rings. The molecule has 0 amide bonds. The summed E-state index contributed by atoms with van der Waals surface area (Å²) in [6, 6.07) is 0. The van der Waals surface area contributed by atoms with Crippen molar-refractivity contribution in [3.63, 3.8) is 0 Å². The Morgan fingerprint density at radius 3 is 2.88 bits per heavy atom. The van der Waals surface area contributed by atoms with E-state index in [9.17, 15) is 9.90 Å². The monoisotopic (exact) mass is 224 g/mol. The van der Waals surface area contributed by atoms with Crippen molar-refractivity contribution in [1.29, 1.82) is 0 Å². The molecule has 0 unspecified atom stereocenters. The van der Waals surface area contributed by atoms with Gasteiger partial charge in [0.2, 0.25) is 0 Å². The summed E-state index contributed by atoms with van der Waals surface area (Å²) in [7, 11) is 0. The van der Waals surface area contributed by atoms with Gasteiger partial charge in [-0.2, -0.15) is 0 Å². The highest BCUT2D eigenvalue weighted by Gasteiger charge is 2.11. The van der Waals surface area contributed by atoms with E-state index in [0.717, 1.165) is 6.21 Å². The Labute approximate surface area is 91.9 Å². The fourth-order valence-corrected chi connectivity index (χ4v) is 1.30. The Bertz CT molecular complexity index is 429. The molecule has 16 heavy (non-hydrogen) atoms. The van der Waals surface area contributed by atoms with Crippen molar-refractivity contribution in [2.45, 2.75) is 19.8 Å². The lowest BCUT2D eigenvalue weighted by atomic mass is 10.0. The van der Waals surface area contributed by atoms with Gasteiger partial charge in [-0.15, -0.1) is 0 Å². The molecule has 0 aromatic carbocycles. The lowest BCUT2D eigenvalue weighted by Crippen LogP contribution is -2.02. The normalized spacial score (nSPS) is 10.8. The van der Waals surface area contributed by atoms with Crippen LogP contribution in [0.2, 0.25) is 0 Å². The number of nitrogens with zero attached hydrogens (tertiary/aromatic N) is 2. The van der Waals surface area contributed by atoms with Crippen LogP contribution in [0.5, 0.6) is 5.75 Å². The number of aryl methyl sites for hydroxylation is 2. The van der Waals surface area contributed by atoms with Gasteiger partial charge < -0.3 is 15.4 Å². The number of hydrogen-bond donors (Lipinski definition) is 3. The van der Waals surface area contributed by atoms with Gasteiger partial charge in [-0.05, 0) is 18.9 Å². The molecule has 3 N–H and O–H groups in total. The van der Waals surface area contributed by atoms with E-state index in [2.05, 4.69) is 10.1 Å².